The summed E-state index contributed by atoms with van der Waals surface area (Å²) >= 11 is 0. The first-order valence-corrected chi connectivity index (χ1v) is 5.00. The summed E-state index contributed by atoms with van der Waals surface area (Å²) in [4.78, 5) is 10.6. The van der Waals surface area contributed by atoms with Crippen molar-refractivity contribution in [3.8, 4) is 0 Å². The molecule has 5 heteroatoms. The third-order valence-electron chi connectivity index (χ3n) is 1.94. The number of carboxylic acids is 1. The van der Waals surface area contributed by atoms with E-state index in [1.54, 1.807) is 24.3 Å². The Morgan fingerprint density at radius 3 is 2.50 bits per heavy atom. The second-order valence-electron chi connectivity index (χ2n) is 3.15. The molecule has 0 saturated heterocycles. The molecule has 0 unspecified atom stereocenters. The van der Waals surface area contributed by atoms with E-state index in [0.29, 0.717) is 19.8 Å². The summed E-state index contributed by atoms with van der Waals surface area (Å²) in [5, 5.41) is 20.2. The molecule has 0 aliphatic heterocycles. The molecule has 88 valence electrons. The Morgan fingerprint density at radius 1 is 1.25 bits per heavy atom. The van der Waals surface area contributed by atoms with E-state index in [4.69, 9.17) is 14.9 Å². The van der Waals surface area contributed by atoms with Crippen LogP contribution in [-0.4, -0.2) is 42.5 Å². The smallest absolute Gasteiger partial charge is 0.335 e. The SMILES string of the molecule is O=C(O)c1ccc(NCCOCCO)cc1. The van der Waals surface area contributed by atoms with Crippen LogP contribution < -0.4 is 5.32 Å². The van der Waals surface area contributed by atoms with Crippen LogP contribution in [0.5, 0.6) is 0 Å². The Kier molecular flexibility index (Phi) is 5.31. The first kappa shape index (κ1) is 12.5. The molecule has 1 aromatic rings. The number of carboxylic acid groups (broad SMARTS) is 1. The predicted octanol–water partition coefficient (Wildman–Crippen LogP) is 0.806. The molecule has 0 aliphatic carbocycles. The molecule has 0 heterocycles. The van der Waals surface area contributed by atoms with Crippen LogP contribution in [0.3, 0.4) is 0 Å². The summed E-state index contributed by atoms with van der Waals surface area (Å²) in [6.45, 7) is 1.47. The highest BCUT2D eigenvalue weighted by atomic mass is 16.5. The monoisotopic (exact) mass is 225 g/mol. The summed E-state index contributed by atoms with van der Waals surface area (Å²) < 4.78 is 5.06. The highest BCUT2D eigenvalue weighted by Crippen LogP contribution is 2.08. The zero-order chi connectivity index (χ0) is 11.8. The van der Waals surface area contributed by atoms with Gasteiger partial charge in [-0.1, -0.05) is 0 Å². The van der Waals surface area contributed by atoms with Gasteiger partial charge in [0.15, 0.2) is 0 Å². The van der Waals surface area contributed by atoms with E-state index in [1.165, 1.54) is 0 Å². The van der Waals surface area contributed by atoms with Gasteiger partial charge in [0.1, 0.15) is 0 Å². The fourth-order valence-corrected chi connectivity index (χ4v) is 1.16. The van der Waals surface area contributed by atoms with E-state index < -0.39 is 5.97 Å². The zero-order valence-corrected chi connectivity index (χ0v) is 8.85. The molecule has 0 amide bonds. The van der Waals surface area contributed by atoms with E-state index in [2.05, 4.69) is 5.32 Å². The highest BCUT2D eigenvalue weighted by Gasteiger charge is 2.00. The Bertz CT molecular complexity index is 323. The third kappa shape index (κ3) is 4.29. The van der Waals surface area contributed by atoms with Gasteiger partial charge >= 0.3 is 5.97 Å². The maximum absolute atomic E-state index is 10.6. The summed E-state index contributed by atoms with van der Waals surface area (Å²) in [6.07, 6.45) is 0. The van der Waals surface area contributed by atoms with E-state index in [1.807, 2.05) is 0 Å². The van der Waals surface area contributed by atoms with Crippen molar-refractivity contribution in [2.45, 2.75) is 0 Å². The van der Waals surface area contributed by atoms with Crippen LogP contribution >= 0.6 is 0 Å². The number of benzene rings is 1. The molecule has 0 fully saturated rings. The van der Waals surface area contributed by atoms with Gasteiger partial charge in [0, 0.05) is 12.2 Å². The lowest BCUT2D eigenvalue weighted by Crippen LogP contribution is -2.11. The topological polar surface area (TPSA) is 78.8 Å². The van der Waals surface area contributed by atoms with Crippen molar-refractivity contribution in [2.75, 3.05) is 31.7 Å². The van der Waals surface area contributed by atoms with Gasteiger partial charge in [0.25, 0.3) is 0 Å². The molecule has 0 radical (unpaired) electrons. The normalized spacial score (nSPS) is 10.1. The van der Waals surface area contributed by atoms with Crippen molar-refractivity contribution in [3.05, 3.63) is 29.8 Å². The van der Waals surface area contributed by atoms with Gasteiger partial charge in [-0.05, 0) is 24.3 Å². The van der Waals surface area contributed by atoms with E-state index in [-0.39, 0.29) is 12.2 Å². The number of aliphatic hydroxyl groups is 1. The van der Waals surface area contributed by atoms with Crippen molar-refractivity contribution < 1.29 is 19.7 Å². The van der Waals surface area contributed by atoms with Gasteiger partial charge in [-0.25, -0.2) is 4.79 Å². The van der Waals surface area contributed by atoms with Crippen LogP contribution in [0.4, 0.5) is 5.69 Å². The summed E-state index contributed by atoms with van der Waals surface area (Å²) in [6, 6.07) is 6.49. The molecule has 0 spiro atoms. The minimum atomic E-state index is -0.933. The summed E-state index contributed by atoms with van der Waals surface area (Å²) in [5.41, 5.74) is 1.11. The van der Waals surface area contributed by atoms with Crippen LogP contribution in [0.1, 0.15) is 10.4 Å². The average molecular weight is 225 g/mol. The van der Waals surface area contributed by atoms with Gasteiger partial charge in [-0.15, -0.1) is 0 Å². The molecular formula is C11H15NO4. The number of hydrogen-bond donors (Lipinski definition) is 3. The second-order valence-corrected chi connectivity index (χ2v) is 3.15. The van der Waals surface area contributed by atoms with Crippen LogP contribution in [0, 0.1) is 0 Å². The minimum absolute atomic E-state index is 0.0211. The van der Waals surface area contributed by atoms with Gasteiger partial charge in [0.2, 0.25) is 0 Å². The van der Waals surface area contributed by atoms with Crippen molar-refractivity contribution in [2.24, 2.45) is 0 Å². The molecule has 1 rings (SSSR count). The number of rotatable bonds is 7. The molecular weight excluding hydrogens is 210 g/mol. The molecule has 0 saturated carbocycles. The maximum atomic E-state index is 10.6. The maximum Gasteiger partial charge on any atom is 0.335 e. The van der Waals surface area contributed by atoms with Crippen LogP contribution in [0.25, 0.3) is 0 Å². The average Bonchev–Trinajstić information content (AvgIpc) is 2.29. The molecule has 0 atom stereocenters. The Balaban J connectivity index is 2.29. The van der Waals surface area contributed by atoms with Gasteiger partial charge < -0.3 is 20.3 Å². The van der Waals surface area contributed by atoms with Gasteiger partial charge in [0.05, 0.1) is 25.4 Å². The largest absolute Gasteiger partial charge is 0.478 e. The Hall–Kier alpha value is -1.59. The Morgan fingerprint density at radius 2 is 1.94 bits per heavy atom. The molecule has 0 aliphatic rings. The molecule has 1 aromatic carbocycles. The van der Waals surface area contributed by atoms with E-state index in [0.717, 1.165) is 5.69 Å². The minimum Gasteiger partial charge on any atom is -0.478 e. The van der Waals surface area contributed by atoms with E-state index >= 15 is 0 Å². The third-order valence-corrected chi connectivity index (χ3v) is 1.94. The van der Waals surface area contributed by atoms with Crippen LogP contribution in [0.15, 0.2) is 24.3 Å². The first-order valence-electron chi connectivity index (χ1n) is 5.00. The number of aliphatic hydroxyl groups excluding tert-OH is 1. The molecule has 3 N–H and O–H groups in total. The van der Waals surface area contributed by atoms with Crippen molar-refractivity contribution in [1.29, 1.82) is 0 Å². The number of ether oxygens (including phenoxy) is 1. The van der Waals surface area contributed by atoms with Crippen molar-refractivity contribution in [1.82, 2.24) is 0 Å². The number of hydrogen-bond acceptors (Lipinski definition) is 4. The van der Waals surface area contributed by atoms with Crippen molar-refractivity contribution in [3.63, 3.8) is 0 Å². The summed E-state index contributed by atoms with van der Waals surface area (Å²) in [5.74, 6) is -0.933. The van der Waals surface area contributed by atoms with Crippen LogP contribution in [-0.2, 0) is 4.74 Å². The number of aromatic carboxylic acids is 1. The summed E-state index contributed by atoms with van der Waals surface area (Å²) in [7, 11) is 0. The highest BCUT2D eigenvalue weighted by molar-refractivity contribution is 5.87. The van der Waals surface area contributed by atoms with Gasteiger partial charge in [-0.2, -0.15) is 0 Å². The fourth-order valence-electron chi connectivity index (χ4n) is 1.16. The first-order chi connectivity index (χ1) is 7.74. The quantitative estimate of drug-likeness (QED) is 0.598. The molecule has 5 nitrogen and oxygen atoms in total. The molecule has 0 bridgehead atoms. The number of carbonyl (C=O) groups is 1. The lowest BCUT2D eigenvalue weighted by atomic mass is 10.2. The van der Waals surface area contributed by atoms with E-state index in [9.17, 15) is 4.79 Å². The standard InChI is InChI=1S/C11H15NO4/c13-6-8-16-7-5-12-10-3-1-9(2-4-10)11(14)15/h1-4,12-13H,5-8H2,(H,14,15). The zero-order valence-electron chi connectivity index (χ0n) is 8.85. The van der Waals surface area contributed by atoms with Crippen molar-refractivity contribution >= 4 is 11.7 Å². The fraction of sp³-hybridized carbons (Fsp3) is 0.364. The molecule has 16 heavy (non-hydrogen) atoms. The Labute approximate surface area is 93.7 Å². The molecule has 0 aromatic heterocycles. The number of anilines is 1. The predicted molar refractivity (Wildman–Crippen MR) is 59.8 cm³/mol. The lowest BCUT2D eigenvalue weighted by molar-refractivity contribution is 0.0697. The van der Waals surface area contributed by atoms with Gasteiger partial charge in [-0.3, -0.25) is 0 Å². The lowest BCUT2D eigenvalue weighted by Gasteiger charge is -2.06. The second kappa shape index (κ2) is 6.81. The van der Waals surface area contributed by atoms with Crippen LogP contribution in [0.2, 0.25) is 0 Å². The number of nitrogens with one attached hydrogen (secondary N) is 1.